The molecular weight excluding hydrogens is 362 g/mol. The molecule has 4 rings (SSSR count). The van der Waals surface area contributed by atoms with Gasteiger partial charge in [-0.05, 0) is 57.8 Å². The first-order valence-corrected chi connectivity index (χ1v) is 9.26. The highest BCUT2D eigenvalue weighted by molar-refractivity contribution is 6.09. The third kappa shape index (κ3) is 3.87. The Bertz CT molecular complexity index is 1290. The summed E-state index contributed by atoms with van der Waals surface area (Å²) in [5.41, 5.74) is 2.08. The van der Waals surface area contributed by atoms with Crippen molar-refractivity contribution in [2.75, 3.05) is 5.32 Å². The SMILES string of the molecule is C/C(=C/C(=O)Nc1cc2ccccc2cc1C(=O)O)c1ccc2ccccc2c1. The Morgan fingerprint density at radius 1 is 0.793 bits per heavy atom. The molecule has 0 aliphatic rings. The van der Waals surface area contributed by atoms with Crippen LogP contribution in [0.3, 0.4) is 0 Å². The fourth-order valence-electron chi connectivity index (χ4n) is 3.40. The molecule has 4 aromatic rings. The zero-order valence-corrected chi connectivity index (χ0v) is 15.8. The van der Waals surface area contributed by atoms with E-state index in [0.717, 1.165) is 32.7 Å². The zero-order valence-electron chi connectivity index (χ0n) is 15.8. The van der Waals surface area contributed by atoms with E-state index in [2.05, 4.69) is 5.32 Å². The van der Waals surface area contributed by atoms with Gasteiger partial charge in [-0.1, -0.05) is 60.7 Å². The maximum absolute atomic E-state index is 12.6. The molecule has 0 aliphatic heterocycles. The predicted octanol–water partition coefficient (Wildman–Crippen LogP) is 5.73. The number of carboxylic acids is 1. The van der Waals surface area contributed by atoms with Gasteiger partial charge in [0.05, 0.1) is 11.3 Å². The van der Waals surface area contributed by atoms with Gasteiger partial charge in [-0.15, -0.1) is 0 Å². The molecule has 0 saturated carbocycles. The Morgan fingerprint density at radius 3 is 2.03 bits per heavy atom. The summed E-state index contributed by atoms with van der Waals surface area (Å²) in [6, 6.07) is 24.8. The summed E-state index contributed by atoms with van der Waals surface area (Å²) in [6.45, 7) is 1.86. The number of nitrogens with one attached hydrogen (secondary N) is 1. The van der Waals surface area contributed by atoms with Crippen molar-refractivity contribution in [3.8, 4) is 0 Å². The second-order valence-electron chi connectivity index (χ2n) is 6.93. The summed E-state index contributed by atoms with van der Waals surface area (Å²) in [6.07, 6.45) is 1.49. The Hall–Kier alpha value is -3.92. The molecular formula is C25H19NO3. The van der Waals surface area contributed by atoms with Crippen LogP contribution >= 0.6 is 0 Å². The highest BCUT2D eigenvalue weighted by Crippen LogP contribution is 2.25. The van der Waals surface area contributed by atoms with E-state index in [1.165, 1.54) is 6.08 Å². The molecule has 0 spiro atoms. The van der Waals surface area contributed by atoms with Crippen LogP contribution in [0.15, 0.2) is 84.9 Å². The zero-order chi connectivity index (χ0) is 20.4. The summed E-state index contributed by atoms with van der Waals surface area (Å²) in [5, 5.41) is 16.2. The number of benzene rings is 4. The Morgan fingerprint density at radius 2 is 1.38 bits per heavy atom. The fraction of sp³-hybridized carbons (Fsp3) is 0.0400. The van der Waals surface area contributed by atoms with Crippen LogP contribution in [0.4, 0.5) is 5.69 Å². The number of carboxylic acid groups (broad SMARTS) is 1. The van der Waals surface area contributed by atoms with Crippen LogP contribution in [-0.2, 0) is 4.79 Å². The molecule has 0 saturated heterocycles. The van der Waals surface area contributed by atoms with E-state index in [0.29, 0.717) is 0 Å². The van der Waals surface area contributed by atoms with E-state index in [9.17, 15) is 14.7 Å². The first-order chi connectivity index (χ1) is 14.0. The molecule has 0 radical (unpaired) electrons. The summed E-state index contributed by atoms with van der Waals surface area (Å²) in [4.78, 5) is 24.2. The molecule has 142 valence electrons. The molecule has 1 amide bonds. The summed E-state index contributed by atoms with van der Waals surface area (Å²) < 4.78 is 0. The Kier molecular flexibility index (Phi) is 4.83. The van der Waals surface area contributed by atoms with Gasteiger partial charge in [-0.2, -0.15) is 0 Å². The van der Waals surface area contributed by atoms with Gasteiger partial charge in [-0.25, -0.2) is 4.79 Å². The molecule has 0 heterocycles. The molecule has 2 N–H and O–H groups in total. The van der Waals surface area contributed by atoms with Gasteiger partial charge in [0.15, 0.2) is 0 Å². The lowest BCUT2D eigenvalue weighted by Gasteiger charge is -2.10. The highest BCUT2D eigenvalue weighted by Gasteiger charge is 2.13. The summed E-state index contributed by atoms with van der Waals surface area (Å²) in [7, 11) is 0. The number of carbonyl (C=O) groups excluding carboxylic acids is 1. The van der Waals surface area contributed by atoms with E-state index in [1.807, 2.05) is 73.7 Å². The third-order valence-corrected chi connectivity index (χ3v) is 4.93. The van der Waals surface area contributed by atoms with Gasteiger partial charge in [0.25, 0.3) is 0 Å². The van der Waals surface area contributed by atoms with Crippen LogP contribution in [0.25, 0.3) is 27.1 Å². The second-order valence-corrected chi connectivity index (χ2v) is 6.93. The number of hydrogen-bond donors (Lipinski definition) is 2. The van der Waals surface area contributed by atoms with Crippen LogP contribution in [-0.4, -0.2) is 17.0 Å². The van der Waals surface area contributed by atoms with Crippen LogP contribution < -0.4 is 5.32 Å². The van der Waals surface area contributed by atoms with E-state index in [1.54, 1.807) is 12.1 Å². The van der Waals surface area contributed by atoms with E-state index >= 15 is 0 Å². The molecule has 0 fully saturated rings. The van der Waals surface area contributed by atoms with Gasteiger partial charge in [0.1, 0.15) is 0 Å². The number of anilines is 1. The highest BCUT2D eigenvalue weighted by atomic mass is 16.4. The van der Waals surface area contributed by atoms with Crippen molar-refractivity contribution in [3.05, 3.63) is 96.1 Å². The second kappa shape index (κ2) is 7.60. The number of aromatic carboxylic acids is 1. The Balaban J connectivity index is 1.64. The predicted molar refractivity (Wildman–Crippen MR) is 117 cm³/mol. The minimum atomic E-state index is -1.08. The van der Waals surface area contributed by atoms with Gasteiger partial charge < -0.3 is 10.4 Å². The first-order valence-electron chi connectivity index (χ1n) is 9.26. The van der Waals surface area contributed by atoms with Gasteiger partial charge >= 0.3 is 5.97 Å². The standard InChI is InChI=1S/C25H19NO3/c1-16(18-11-10-17-6-2-3-7-19(17)13-18)12-24(27)26-23-15-21-9-5-4-8-20(21)14-22(23)25(28)29/h2-15H,1H3,(H,26,27)(H,28,29)/b16-12-. The van der Waals surface area contributed by atoms with Crippen molar-refractivity contribution in [1.29, 1.82) is 0 Å². The molecule has 0 aliphatic carbocycles. The van der Waals surface area contributed by atoms with Crippen LogP contribution in [0.2, 0.25) is 0 Å². The minimum absolute atomic E-state index is 0.0637. The number of hydrogen-bond acceptors (Lipinski definition) is 2. The number of fused-ring (bicyclic) bond motifs is 2. The number of rotatable bonds is 4. The maximum Gasteiger partial charge on any atom is 0.337 e. The quantitative estimate of drug-likeness (QED) is 0.444. The minimum Gasteiger partial charge on any atom is -0.478 e. The van der Waals surface area contributed by atoms with Crippen molar-refractivity contribution in [2.24, 2.45) is 0 Å². The van der Waals surface area contributed by atoms with Crippen LogP contribution in [0, 0.1) is 0 Å². The Labute approximate surface area is 168 Å². The molecule has 29 heavy (non-hydrogen) atoms. The molecule has 0 unspecified atom stereocenters. The van der Waals surface area contributed by atoms with Crippen molar-refractivity contribution >= 4 is 44.7 Å². The lowest BCUT2D eigenvalue weighted by atomic mass is 10.0. The topological polar surface area (TPSA) is 66.4 Å². The van der Waals surface area contributed by atoms with E-state index < -0.39 is 5.97 Å². The molecule has 4 aromatic carbocycles. The first kappa shape index (κ1) is 18.4. The number of amides is 1. The average molecular weight is 381 g/mol. The number of carbonyl (C=O) groups is 2. The number of allylic oxidation sites excluding steroid dienone is 1. The average Bonchev–Trinajstić information content (AvgIpc) is 2.72. The molecule has 0 aromatic heterocycles. The summed E-state index contributed by atoms with van der Waals surface area (Å²) in [5.74, 6) is -1.45. The van der Waals surface area contributed by atoms with Gasteiger partial charge in [-0.3, -0.25) is 4.79 Å². The van der Waals surface area contributed by atoms with E-state index in [4.69, 9.17) is 0 Å². The van der Waals surface area contributed by atoms with Crippen molar-refractivity contribution in [2.45, 2.75) is 6.92 Å². The van der Waals surface area contributed by atoms with Crippen molar-refractivity contribution in [3.63, 3.8) is 0 Å². The normalized spacial score (nSPS) is 11.6. The maximum atomic E-state index is 12.6. The lowest BCUT2D eigenvalue weighted by Crippen LogP contribution is -2.12. The summed E-state index contributed by atoms with van der Waals surface area (Å²) >= 11 is 0. The lowest BCUT2D eigenvalue weighted by molar-refractivity contribution is -0.111. The molecule has 4 heteroatoms. The molecule has 0 atom stereocenters. The monoisotopic (exact) mass is 381 g/mol. The fourth-order valence-corrected chi connectivity index (χ4v) is 3.40. The smallest absolute Gasteiger partial charge is 0.337 e. The molecule has 4 nitrogen and oxygen atoms in total. The van der Waals surface area contributed by atoms with E-state index in [-0.39, 0.29) is 17.2 Å². The third-order valence-electron chi connectivity index (χ3n) is 4.93. The largest absolute Gasteiger partial charge is 0.478 e. The van der Waals surface area contributed by atoms with Crippen molar-refractivity contribution in [1.82, 2.24) is 0 Å². The van der Waals surface area contributed by atoms with Crippen LogP contribution in [0.5, 0.6) is 0 Å². The molecule has 0 bridgehead atoms. The van der Waals surface area contributed by atoms with Crippen LogP contribution in [0.1, 0.15) is 22.8 Å². The van der Waals surface area contributed by atoms with Gasteiger partial charge in [0, 0.05) is 6.08 Å². The van der Waals surface area contributed by atoms with Crippen molar-refractivity contribution < 1.29 is 14.7 Å². The van der Waals surface area contributed by atoms with Gasteiger partial charge in [0.2, 0.25) is 5.91 Å².